The van der Waals surface area contributed by atoms with E-state index in [0.29, 0.717) is 156 Å². The summed E-state index contributed by atoms with van der Waals surface area (Å²) >= 11 is 0. The van der Waals surface area contributed by atoms with Crippen LogP contribution < -0.4 is 49.3 Å². The van der Waals surface area contributed by atoms with Gasteiger partial charge in [0.2, 0.25) is 11.8 Å². The van der Waals surface area contributed by atoms with Crippen molar-refractivity contribution >= 4 is 84.1 Å². The molecule has 0 aliphatic rings. The van der Waals surface area contributed by atoms with Crippen LogP contribution in [0.3, 0.4) is 0 Å². The fourth-order valence-corrected chi connectivity index (χ4v) is 12.5. The Morgan fingerprint density at radius 2 is 0.699 bits per heavy atom. The summed E-state index contributed by atoms with van der Waals surface area (Å²) in [4.78, 5) is 52.4. The molecule has 4 aromatic carbocycles. The summed E-state index contributed by atoms with van der Waals surface area (Å²) in [5.74, 6) is 2.03. The number of methoxy groups -OCH3 is 4. The minimum absolute atomic E-state index is 0.0912. The van der Waals surface area contributed by atoms with Crippen molar-refractivity contribution in [3.05, 3.63) is 70.8 Å². The summed E-state index contributed by atoms with van der Waals surface area (Å²) < 4.78 is 73.3. The Kier molecular flexibility index (Phi) is 28.7. The van der Waals surface area contributed by atoms with Crippen molar-refractivity contribution in [3.63, 3.8) is 0 Å². The molecule has 4 N–H and O–H groups in total. The summed E-state index contributed by atoms with van der Waals surface area (Å²) in [5.41, 5.74) is 5.41. The zero-order chi connectivity index (χ0) is 68.1. The molecule has 0 radical (unpaired) electrons. The Balaban J connectivity index is 0.798. The van der Waals surface area contributed by atoms with Crippen LogP contribution in [0.25, 0.3) is 43.9 Å². The molecule has 0 saturated carbocycles. The molecule has 23 heteroatoms. The molecule has 0 bridgehead atoms. The number of carbonyl (C=O) groups is 4. The van der Waals surface area contributed by atoms with Gasteiger partial charge in [0, 0.05) is 109 Å². The largest absolute Gasteiger partial charge is 0.497 e. The monoisotopic (exact) mass is 1330 g/mol. The summed E-state index contributed by atoms with van der Waals surface area (Å²) in [7, 11) is 2.91. The van der Waals surface area contributed by atoms with E-state index in [-0.39, 0.29) is 71.5 Å². The fraction of sp³-hybridized carbons (Fsp3) is 0.600. The molecule has 2 amide bonds. The van der Waals surface area contributed by atoms with Gasteiger partial charge in [0.05, 0.1) is 67.7 Å². The van der Waals surface area contributed by atoms with Gasteiger partial charge in [-0.05, 0) is 102 Å². The molecule has 6 rings (SSSR count). The average molecular weight is 1330 g/mol. The number of rotatable bonds is 35. The lowest BCUT2D eigenvalue weighted by atomic mass is 9.84. The first-order valence-corrected chi connectivity index (χ1v) is 34.7. The van der Waals surface area contributed by atoms with Crippen molar-refractivity contribution in [2.45, 2.75) is 163 Å². The van der Waals surface area contributed by atoms with Gasteiger partial charge in [0.25, 0.3) is 0 Å². The van der Waals surface area contributed by atoms with E-state index in [4.69, 9.17) is 54.3 Å². The highest BCUT2D eigenvalue weighted by Crippen LogP contribution is 2.47. The van der Waals surface area contributed by atoms with Crippen LogP contribution in [0.15, 0.2) is 65.3 Å². The second-order valence-corrected chi connectivity index (χ2v) is 29.3. The molecule has 0 spiro atoms. The Bertz CT molecular complexity index is 3140. The Labute approximate surface area is 551 Å². The number of unbranched alkanes of at least 4 members (excludes halogenated alkanes) is 2. The summed E-state index contributed by atoms with van der Waals surface area (Å²) in [5, 5.41) is 15.6. The summed E-state index contributed by atoms with van der Waals surface area (Å²) in [6.07, 6.45) is 3.40. The van der Waals surface area contributed by atoms with Crippen LogP contribution in [0.5, 0.6) is 23.0 Å². The van der Waals surface area contributed by atoms with Gasteiger partial charge in [-0.3, -0.25) is 28.2 Å². The highest BCUT2D eigenvalue weighted by atomic mass is 31.1. The van der Waals surface area contributed by atoms with E-state index in [1.165, 1.54) is 0 Å². The number of amides is 2. The van der Waals surface area contributed by atoms with Gasteiger partial charge in [-0.2, -0.15) is 0 Å². The predicted octanol–water partition coefficient (Wildman–Crippen LogP) is 13.6. The average Bonchev–Trinajstić information content (AvgIpc) is 1.72. The second-order valence-electron chi connectivity index (χ2n) is 27.2. The number of hydrogen-bond donors (Lipinski definition) is 4. The third kappa shape index (κ3) is 22.9. The minimum Gasteiger partial charge on any atom is -0.497 e. The summed E-state index contributed by atoms with van der Waals surface area (Å²) in [6, 6.07) is 15.9. The van der Waals surface area contributed by atoms with Crippen molar-refractivity contribution in [1.29, 1.82) is 0 Å². The van der Waals surface area contributed by atoms with Crippen molar-refractivity contribution < 1.29 is 73.4 Å². The normalized spacial score (nSPS) is 12.2. The number of benzene rings is 4. The highest BCUT2D eigenvalue weighted by Gasteiger charge is 2.29. The molecule has 0 fully saturated rings. The maximum Gasteiger partial charge on any atom is 0.387 e. The van der Waals surface area contributed by atoms with Crippen LogP contribution in [-0.2, 0) is 50.3 Å². The Morgan fingerprint density at radius 1 is 0.409 bits per heavy atom. The van der Waals surface area contributed by atoms with Crippen molar-refractivity contribution in [3.8, 4) is 23.0 Å². The second kappa shape index (κ2) is 35.3. The van der Waals surface area contributed by atoms with Crippen molar-refractivity contribution in [2.24, 2.45) is 0 Å². The number of nitrogens with zero attached hydrogens (tertiary/aromatic N) is 1. The van der Waals surface area contributed by atoms with E-state index >= 15 is 0 Å². The fourth-order valence-electron chi connectivity index (χ4n) is 10.3. The molecule has 93 heavy (non-hydrogen) atoms. The molecule has 516 valence electrons. The first-order valence-electron chi connectivity index (χ1n) is 32.6. The molecular formula is C70H105N5O16P2. The van der Waals surface area contributed by atoms with Crippen molar-refractivity contribution in [1.82, 2.24) is 26.2 Å². The SMILES string of the molecule is CCN(CCC(=O)NCCNCCC(=O)OCCCCOp1oc2c(C(C)(C)C)cc(OC)cc2c2cc(OC)cc(C(C)(C)C)c2o1)CCC(=O)NCCNCCC(=O)OCCCCOp1oc2c(C(C)(C)C)cc(OC)cc2c2cc(OC)cc(C(C)(C)C)c2o1. The Hall–Kier alpha value is -6.44. The number of esters is 2. The van der Waals surface area contributed by atoms with Crippen LogP contribution in [0, 0.1) is 0 Å². The molecule has 0 atom stereocenters. The molecule has 21 nitrogen and oxygen atoms in total. The molecule has 0 aliphatic carbocycles. The zero-order valence-electron chi connectivity index (χ0n) is 58.3. The smallest absolute Gasteiger partial charge is 0.387 e. The van der Waals surface area contributed by atoms with Gasteiger partial charge >= 0.3 is 28.4 Å². The first kappa shape index (κ1) is 75.6. The lowest BCUT2D eigenvalue weighted by Gasteiger charge is -2.21. The number of nitrogens with one attached hydrogen (secondary N) is 4. The maximum atomic E-state index is 12.6. The van der Waals surface area contributed by atoms with E-state index in [0.717, 1.165) is 43.8 Å². The lowest BCUT2D eigenvalue weighted by Crippen LogP contribution is -2.37. The lowest BCUT2D eigenvalue weighted by molar-refractivity contribution is -0.144. The van der Waals surface area contributed by atoms with E-state index in [1.807, 2.05) is 55.5 Å². The van der Waals surface area contributed by atoms with Gasteiger partial charge < -0.3 is 71.4 Å². The van der Waals surface area contributed by atoms with Crippen LogP contribution in [0.1, 0.15) is 164 Å². The van der Waals surface area contributed by atoms with Gasteiger partial charge in [-0.25, -0.2) is 0 Å². The molecule has 0 saturated heterocycles. The third-order valence-electron chi connectivity index (χ3n) is 15.7. The highest BCUT2D eigenvalue weighted by molar-refractivity contribution is 7.32. The van der Waals surface area contributed by atoms with Crippen LogP contribution >= 0.6 is 16.5 Å². The molecule has 2 aromatic heterocycles. The number of hydrogen-bond acceptors (Lipinski definition) is 19. The summed E-state index contributed by atoms with van der Waals surface area (Å²) in [6.45, 7) is 33.1. The number of fused-ring (bicyclic) bond motifs is 6. The van der Waals surface area contributed by atoms with Gasteiger partial charge in [0.1, 0.15) is 45.3 Å². The standard InChI is InChI=1S/C70H105N5O16P2/c1-18-75(33-25-59(76)73-31-29-71-27-23-61(78)84-35-19-21-37-86-92-88-63-51(39-47(80-14)43-55(63)67(2,3)4)52-40-48(81-15)44-56(64(52)89-92)68(5,6)7)34-26-60(77)74-32-30-72-28-24-62(79)85-36-20-22-38-87-93-90-65-53(41-49(82-16)45-57(65)69(8,9)10)54-42-50(83-17)46-58(66(54)91-93)70(11,12)13/h39-46,71-72H,18-38H2,1-17H3,(H,73,76)(H,74,77). The topological polar surface area (TPSA) is 246 Å². The minimum atomic E-state index is -1.86. The van der Waals surface area contributed by atoms with Crippen LogP contribution in [-0.4, -0.2) is 142 Å². The number of ether oxygens (including phenoxy) is 6. The van der Waals surface area contributed by atoms with Crippen LogP contribution in [0.4, 0.5) is 0 Å². The first-order chi connectivity index (χ1) is 44.1. The van der Waals surface area contributed by atoms with E-state index in [2.05, 4.69) is 109 Å². The quantitative estimate of drug-likeness (QED) is 0.0213. The van der Waals surface area contributed by atoms with Gasteiger partial charge in [0.15, 0.2) is 0 Å². The van der Waals surface area contributed by atoms with E-state index < -0.39 is 16.5 Å². The zero-order valence-corrected chi connectivity index (χ0v) is 60.1. The Morgan fingerprint density at radius 3 is 0.968 bits per heavy atom. The third-order valence-corrected chi connectivity index (χ3v) is 17.8. The van der Waals surface area contributed by atoms with E-state index in [1.54, 1.807) is 28.4 Å². The van der Waals surface area contributed by atoms with Crippen molar-refractivity contribution in [2.75, 3.05) is 114 Å². The maximum absolute atomic E-state index is 12.6. The van der Waals surface area contributed by atoms with Crippen LogP contribution in [0.2, 0.25) is 0 Å². The molecule has 6 aromatic rings. The molecule has 0 unspecified atom stereocenters. The van der Waals surface area contributed by atoms with Gasteiger partial charge in [-0.15, -0.1) is 0 Å². The van der Waals surface area contributed by atoms with Gasteiger partial charge in [-0.1, -0.05) is 90.0 Å². The molecular weight excluding hydrogens is 1230 g/mol. The predicted molar refractivity (Wildman–Crippen MR) is 369 cm³/mol. The molecule has 2 heterocycles. The van der Waals surface area contributed by atoms with E-state index in [9.17, 15) is 19.2 Å². The number of carbonyl (C=O) groups excluding carboxylic acids is 4. The molecule has 0 aliphatic heterocycles.